The maximum Gasteiger partial charge on any atom is 0.416 e. The lowest BCUT2D eigenvalue weighted by atomic mass is 10.1. The first-order chi connectivity index (χ1) is 10.2. The van der Waals surface area contributed by atoms with Crippen LogP contribution in [0.5, 0.6) is 0 Å². The Morgan fingerprint density at radius 1 is 1.18 bits per heavy atom. The molecule has 0 saturated heterocycles. The van der Waals surface area contributed by atoms with Crippen LogP contribution in [0.1, 0.15) is 19.4 Å². The SMILES string of the molecule is CC(C)C(=O)N(C)c1ccc(-c2cccc(C(F)(F)F)c2)o1. The maximum atomic E-state index is 12.7. The highest BCUT2D eigenvalue weighted by Crippen LogP contribution is 2.33. The van der Waals surface area contributed by atoms with Crippen molar-refractivity contribution in [1.82, 2.24) is 0 Å². The Kier molecular flexibility index (Phi) is 4.30. The quantitative estimate of drug-likeness (QED) is 0.831. The van der Waals surface area contributed by atoms with Crippen molar-refractivity contribution in [3.8, 4) is 11.3 Å². The van der Waals surface area contributed by atoms with E-state index >= 15 is 0 Å². The van der Waals surface area contributed by atoms with Crippen molar-refractivity contribution in [2.24, 2.45) is 5.92 Å². The number of furan rings is 1. The Bertz CT molecular complexity index is 674. The molecule has 22 heavy (non-hydrogen) atoms. The van der Waals surface area contributed by atoms with Crippen LogP contribution < -0.4 is 4.90 Å². The number of halogens is 3. The molecule has 0 atom stereocenters. The van der Waals surface area contributed by atoms with E-state index in [1.807, 2.05) is 0 Å². The molecular formula is C16H16F3NO2. The van der Waals surface area contributed by atoms with Gasteiger partial charge in [-0.05, 0) is 18.2 Å². The zero-order valence-corrected chi connectivity index (χ0v) is 12.4. The molecule has 0 unspecified atom stereocenters. The number of anilines is 1. The van der Waals surface area contributed by atoms with E-state index in [2.05, 4.69) is 0 Å². The third kappa shape index (κ3) is 3.32. The monoisotopic (exact) mass is 311 g/mol. The fourth-order valence-corrected chi connectivity index (χ4v) is 2.01. The molecule has 2 aromatic rings. The van der Waals surface area contributed by atoms with Gasteiger partial charge >= 0.3 is 6.18 Å². The van der Waals surface area contributed by atoms with Gasteiger partial charge in [0.25, 0.3) is 0 Å². The zero-order chi connectivity index (χ0) is 16.5. The Balaban J connectivity index is 2.31. The van der Waals surface area contributed by atoms with Gasteiger partial charge in [0.2, 0.25) is 11.8 Å². The van der Waals surface area contributed by atoms with Gasteiger partial charge in [-0.25, -0.2) is 0 Å². The summed E-state index contributed by atoms with van der Waals surface area (Å²) >= 11 is 0. The van der Waals surface area contributed by atoms with Crippen LogP contribution in [0.3, 0.4) is 0 Å². The van der Waals surface area contributed by atoms with E-state index in [1.54, 1.807) is 33.0 Å². The lowest BCUT2D eigenvalue weighted by molar-refractivity contribution is -0.137. The van der Waals surface area contributed by atoms with Crippen LogP contribution in [0.2, 0.25) is 0 Å². The van der Waals surface area contributed by atoms with Crippen molar-refractivity contribution in [2.45, 2.75) is 20.0 Å². The number of amides is 1. The number of hydrogen-bond donors (Lipinski definition) is 0. The first-order valence-electron chi connectivity index (χ1n) is 6.75. The van der Waals surface area contributed by atoms with Crippen molar-refractivity contribution in [3.63, 3.8) is 0 Å². The van der Waals surface area contributed by atoms with E-state index in [0.29, 0.717) is 11.4 Å². The third-order valence-electron chi connectivity index (χ3n) is 3.22. The predicted molar refractivity (Wildman–Crippen MR) is 77.4 cm³/mol. The molecule has 3 nitrogen and oxygen atoms in total. The van der Waals surface area contributed by atoms with E-state index in [9.17, 15) is 18.0 Å². The first-order valence-corrected chi connectivity index (χ1v) is 6.75. The summed E-state index contributed by atoms with van der Waals surface area (Å²) in [7, 11) is 1.57. The van der Waals surface area contributed by atoms with Crippen molar-refractivity contribution in [2.75, 3.05) is 11.9 Å². The Hall–Kier alpha value is -2.24. The smallest absolute Gasteiger partial charge is 0.416 e. The summed E-state index contributed by atoms with van der Waals surface area (Å²) in [4.78, 5) is 13.2. The summed E-state index contributed by atoms with van der Waals surface area (Å²) in [6.45, 7) is 3.52. The summed E-state index contributed by atoms with van der Waals surface area (Å²) in [5, 5.41) is 0. The second-order valence-corrected chi connectivity index (χ2v) is 5.27. The number of hydrogen-bond acceptors (Lipinski definition) is 2. The van der Waals surface area contributed by atoms with E-state index < -0.39 is 11.7 Å². The van der Waals surface area contributed by atoms with Crippen molar-refractivity contribution in [1.29, 1.82) is 0 Å². The molecule has 0 aliphatic heterocycles. The van der Waals surface area contributed by atoms with Crippen molar-refractivity contribution < 1.29 is 22.4 Å². The van der Waals surface area contributed by atoms with Crippen molar-refractivity contribution >= 4 is 11.8 Å². The van der Waals surface area contributed by atoms with Crippen LogP contribution in [0, 0.1) is 5.92 Å². The average Bonchev–Trinajstić information content (AvgIpc) is 2.94. The van der Waals surface area contributed by atoms with Crippen LogP contribution in [0.25, 0.3) is 11.3 Å². The molecule has 1 aromatic heterocycles. The van der Waals surface area contributed by atoms with Gasteiger partial charge in [-0.15, -0.1) is 0 Å². The topological polar surface area (TPSA) is 33.5 Å². The van der Waals surface area contributed by atoms with Crippen LogP contribution in [0.4, 0.5) is 19.1 Å². The highest BCUT2D eigenvalue weighted by molar-refractivity contribution is 5.93. The normalized spacial score (nSPS) is 11.8. The molecule has 1 heterocycles. The van der Waals surface area contributed by atoms with Gasteiger partial charge in [0, 0.05) is 24.6 Å². The van der Waals surface area contributed by atoms with Crippen molar-refractivity contribution in [3.05, 3.63) is 42.0 Å². The number of alkyl halides is 3. The lowest BCUT2D eigenvalue weighted by Gasteiger charge is -2.16. The van der Waals surface area contributed by atoms with Gasteiger partial charge in [0.15, 0.2) is 0 Å². The van der Waals surface area contributed by atoms with E-state index in [1.165, 1.54) is 17.0 Å². The molecule has 0 spiro atoms. The highest BCUT2D eigenvalue weighted by Gasteiger charge is 2.30. The molecule has 0 N–H and O–H groups in total. The van der Waals surface area contributed by atoms with Gasteiger partial charge < -0.3 is 4.42 Å². The fourth-order valence-electron chi connectivity index (χ4n) is 2.01. The van der Waals surface area contributed by atoms with E-state index in [4.69, 9.17) is 4.42 Å². The van der Waals surface area contributed by atoms with Crippen LogP contribution >= 0.6 is 0 Å². The minimum absolute atomic E-state index is 0.134. The summed E-state index contributed by atoms with van der Waals surface area (Å²) < 4.78 is 43.7. The predicted octanol–water partition coefficient (Wildman–Crippen LogP) is 4.58. The average molecular weight is 311 g/mol. The molecule has 0 fully saturated rings. The van der Waals surface area contributed by atoms with Gasteiger partial charge in [-0.2, -0.15) is 13.2 Å². The molecule has 0 aliphatic carbocycles. The van der Waals surface area contributed by atoms with Gasteiger partial charge in [0.1, 0.15) is 5.76 Å². The number of carbonyl (C=O) groups excluding carboxylic acids is 1. The molecule has 6 heteroatoms. The second-order valence-electron chi connectivity index (χ2n) is 5.27. The van der Waals surface area contributed by atoms with Crippen LogP contribution in [-0.4, -0.2) is 13.0 Å². The molecular weight excluding hydrogens is 295 g/mol. The highest BCUT2D eigenvalue weighted by atomic mass is 19.4. The molecule has 1 amide bonds. The molecule has 1 aromatic carbocycles. The second kappa shape index (κ2) is 5.87. The molecule has 2 rings (SSSR count). The fraction of sp³-hybridized carbons (Fsp3) is 0.312. The number of benzene rings is 1. The Labute approximate surface area is 126 Å². The number of carbonyl (C=O) groups is 1. The standard InChI is InChI=1S/C16H16F3NO2/c1-10(2)15(21)20(3)14-8-7-13(22-14)11-5-4-6-12(9-11)16(17,18)19/h4-10H,1-3H3. The maximum absolute atomic E-state index is 12.7. The number of rotatable bonds is 3. The molecule has 0 bridgehead atoms. The summed E-state index contributed by atoms with van der Waals surface area (Å²) in [6.07, 6.45) is -4.41. The summed E-state index contributed by atoms with van der Waals surface area (Å²) in [6, 6.07) is 7.99. The zero-order valence-electron chi connectivity index (χ0n) is 12.4. The minimum Gasteiger partial charge on any atom is -0.440 e. The van der Waals surface area contributed by atoms with E-state index in [-0.39, 0.29) is 17.6 Å². The van der Waals surface area contributed by atoms with Gasteiger partial charge in [-0.3, -0.25) is 9.69 Å². The lowest BCUT2D eigenvalue weighted by Crippen LogP contribution is -2.29. The number of nitrogens with zero attached hydrogens (tertiary/aromatic N) is 1. The Morgan fingerprint density at radius 3 is 2.45 bits per heavy atom. The van der Waals surface area contributed by atoms with Gasteiger partial charge in [-0.1, -0.05) is 26.0 Å². The van der Waals surface area contributed by atoms with Crippen LogP contribution in [-0.2, 0) is 11.0 Å². The molecule has 0 radical (unpaired) electrons. The van der Waals surface area contributed by atoms with E-state index in [0.717, 1.165) is 12.1 Å². The molecule has 0 saturated carbocycles. The summed E-state index contributed by atoms with van der Waals surface area (Å²) in [5.41, 5.74) is -0.430. The first kappa shape index (κ1) is 16.1. The molecule has 0 aliphatic rings. The third-order valence-corrected chi connectivity index (χ3v) is 3.22. The minimum atomic E-state index is -4.41. The van der Waals surface area contributed by atoms with Gasteiger partial charge in [0.05, 0.1) is 5.56 Å². The Morgan fingerprint density at radius 2 is 1.86 bits per heavy atom. The summed E-state index contributed by atoms with van der Waals surface area (Å²) in [5.74, 6) is 0.243. The largest absolute Gasteiger partial charge is 0.440 e. The van der Waals surface area contributed by atoms with Crippen LogP contribution in [0.15, 0.2) is 40.8 Å². The molecule has 118 valence electrons.